The lowest BCUT2D eigenvalue weighted by Crippen LogP contribution is -2.16. The smallest absolute Gasteiger partial charge is 0.340 e. The SMILES string of the molecule is COC(=O)c1cc(Cl)ccc1NC(=O)c1ccccc1F. The first-order valence-electron chi connectivity index (χ1n) is 5.96. The first-order valence-corrected chi connectivity index (χ1v) is 6.34. The highest BCUT2D eigenvalue weighted by Crippen LogP contribution is 2.22. The van der Waals surface area contributed by atoms with Crippen LogP contribution in [0, 0.1) is 5.82 Å². The molecule has 2 aromatic carbocycles. The minimum atomic E-state index is -0.666. The van der Waals surface area contributed by atoms with E-state index in [2.05, 4.69) is 10.1 Å². The lowest BCUT2D eigenvalue weighted by Gasteiger charge is -2.10. The van der Waals surface area contributed by atoms with Gasteiger partial charge in [0.25, 0.3) is 5.91 Å². The van der Waals surface area contributed by atoms with Crippen LogP contribution < -0.4 is 5.32 Å². The van der Waals surface area contributed by atoms with Crippen LogP contribution in [-0.4, -0.2) is 19.0 Å². The molecule has 1 amide bonds. The van der Waals surface area contributed by atoms with Crippen molar-refractivity contribution in [1.82, 2.24) is 0 Å². The molecule has 4 nitrogen and oxygen atoms in total. The summed E-state index contributed by atoms with van der Waals surface area (Å²) in [7, 11) is 1.21. The molecule has 0 aliphatic rings. The Kier molecular flexibility index (Phi) is 4.55. The Morgan fingerprint density at radius 3 is 2.52 bits per heavy atom. The van der Waals surface area contributed by atoms with Crippen molar-refractivity contribution in [3.05, 3.63) is 64.4 Å². The van der Waals surface area contributed by atoms with Crippen molar-refractivity contribution >= 4 is 29.2 Å². The van der Waals surface area contributed by atoms with E-state index in [1.807, 2.05) is 0 Å². The lowest BCUT2D eigenvalue weighted by molar-refractivity contribution is 0.0602. The summed E-state index contributed by atoms with van der Waals surface area (Å²) >= 11 is 5.82. The fourth-order valence-corrected chi connectivity index (χ4v) is 1.91. The van der Waals surface area contributed by atoms with Crippen molar-refractivity contribution in [2.24, 2.45) is 0 Å². The molecular weight excluding hydrogens is 297 g/mol. The van der Waals surface area contributed by atoms with Crippen molar-refractivity contribution < 1.29 is 18.7 Å². The van der Waals surface area contributed by atoms with Gasteiger partial charge in [0.15, 0.2) is 0 Å². The fraction of sp³-hybridized carbons (Fsp3) is 0.0667. The number of hydrogen-bond donors (Lipinski definition) is 1. The van der Waals surface area contributed by atoms with E-state index in [0.29, 0.717) is 5.02 Å². The molecule has 0 spiro atoms. The number of carbonyl (C=O) groups is 2. The van der Waals surface area contributed by atoms with E-state index in [1.54, 1.807) is 6.07 Å². The van der Waals surface area contributed by atoms with Gasteiger partial charge in [-0.25, -0.2) is 9.18 Å². The Bertz CT molecular complexity index is 703. The van der Waals surface area contributed by atoms with Crippen LogP contribution >= 0.6 is 11.6 Å². The van der Waals surface area contributed by atoms with Crippen LogP contribution in [0.4, 0.5) is 10.1 Å². The molecule has 0 heterocycles. The van der Waals surface area contributed by atoms with E-state index in [0.717, 1.165) is 0 Å². The van der Waals surface area contributed by atoms with Crippen molar-refractivity contribution in [3.8, 4) is 0 Å². The maximum atomic E-state index is 13.6. The van der Waals surface area contributed by atoms with E-state index >= 15 is 0 Å². The van der Waals surface area contributed by atoms with Gasteiger partial charge in [-0.3, -0.25) is 4.79 Å². The molecule has 6 heteroatoms. The Balaban J connectivity index is 2.34. The van der Waals surface area contributed by atoms with E-state index in [9.17, 15) is 14.0 Å². The number of methoxy groups -OCH3 is 1. The molecule has 0 aliphatic heterocycles. The molecule has 21 heavy (non-hydrogen) atoms. The maximum Gasteiger partial charge on any atom is 0.340 e. The summed E-state index contributed by atoms with van der Waals surface area (Å²) in [5, 5.41) is 2.79. The highest BCUT2D eigenvalue weighted by Gasteiger charge is 2.17. The number of carbonyl (C=O) groups excluding carboxylic acids is 2. The molecule has 0 atom stereocenters. The molecular formula is C15H11ClFNO3. The van der Waals surface area contributed by atoms with Gasteiger partial charge in [-0.1, -0.05) is 23.7 Å². The summed E-state index contributed by atoms with van der Waals surface area (Å²) in [6.45, 7) is 0. The number of halogens is 2. The van der Waals surface area contributed by atoms with Gasteiger partial charge in [0.1, 0.15) is 5.82 Å². The highest BCUT2D eigenvalue weighted by molar-refractivity contribution is 6.31. The van der Waals surface area contributed by atoms with Crippen LogP contribution in [-0.2, 0) is 4.74 Å². The molecule has 0 saturated carbocycles. The number of rotatable bonds is 3. The number of esters is 1. The van der Waals surface area contributed by atoms with Crippen molar-refractivity contribution in [3.63, 3.8) is 0 Å². The summed E-state index contributed by atoms with van der Waals surface area (Å²) in [5.74, 6) is -1.97. The molecule has 1 N–H and O–H groups in total. The van der Waals surface area contributed by atoms with Crippen LogP contribution in [0.15, 0.2) is 42.5 Å². The van der Waals surface area contributed by atoms with Crippen molar-refractivity contribution in [1.29, 1.82) is 0 Å². The molecule has 0 bridgehead atoms. The summed E-state index contributed by atoms with van der Waals surface area (Å²) in [6.07, 6.45) is 0. The quantitative estimate of drug-likeness (QED) is 0.883. The predicted molar refractivity (Wildman–Crippen MR) is 77.1 cm³/mol. The van der Waals surface area contributed by atoms with Gasteiger partial charge < -0.3 is 10.1 Å². The van der Waals surface area contributed by atoms with E-state index < -0.39 is 17.7 Å². The second kappa shape index (κ2) is 6.37. The zero-order valence-corrected chi connectivity index (χ0v) is 11.8. The first-order chi connectivity index (χ1) is 10.0. The van der Waals surface area contributed by atoms with Crippen LogP contribution in [0.25, 0.3) is 0 Å². The van der Waals surface area contributed by atoms with Gasteiger partial charge >= 0.3 is 5.97 Å². The Morgan fingerprint density at radius 1 is 1.14 bits per heavy atom. The minimum Gasteiger partial charge on any atom is -0.465 e. The average molecular weight is 308 g/mol. The largest absolute Gasteiger partial charge is 0.465 e. The van der Waals surface area contributed by atoms with Crippen molar-refractivity contribution in [2.45, 2.75) is 0 Å². The number of amides is 1. The normalized spacial score (nSPS) is 10.0. The number of ether oxygens (including phenoxy) is 1. The summed E-state index contributed by atoms with van der Waals surface area (Å²) < 4.78 is 18.2. The highest BCUT2D eigenvalue weighted by atomic mass is 35.5. The second-order valence-electron chi connectivity index (χ2n) is 4.12. The third-order valence-corrected chi connectivity index (χ3v) is 2.99. The van der Waals surface area contributed by atoms with Gasteiger partial charge in [0, 0.05) is 5.02 Å². The summed E-state index contributed by atoms with van der Waals surface area (Å²) in [4.78, 5) is 23.7. The van der Waals surface area contributed by atoms with E-state index in [-0.39, 0.29) is 16.8 Å². The molecule has 108 valence electrons. The fourth-order valence-electron chi connectivity index (χ4n) is 1.74. The molecule has 0 aromatic heterocycles. The molecule has 2 rings (SSSR count). The molecule has 0 saturated heterocycles. The molecule has 0 aliphatic carbocycles. The number of anilines is 1. The van der Waals surface area contributed by atoms with Crippen molar-refractivity contribution in [2.75, 3.05) is 12.4 Å². The molecule has 0 fully saturated rings. The standard InChI is InChI=1S/C15H11ClFNO3/c1-21-15(20)11-8-9(16)6-7-13(11)18-14(19)10-4-2-3-5-12(10)17/h2-8H,1H3,(H,18,19). The monoisotopic (exact) mass is 307 g/mol. The van der Waals surface area contributed by atoms with Gasteiger partial charge in [-0.2, -0.15) is 0 Å². The zero-order valence-electron chi connectivity index (χ0n) is 11.0. The van der Waals surface area contributed by atoms with Crippen LogP contribution in [0.2, 0.25) is 5.02 Å². The Morgan fingerprint density at radius 2 is 1.86 bits per heavy atom. The maximum absolute atomic E-state index is 13.6. The van der Waals surface area contributed by atoms with Gasteiger partial charge in [0.05, 0.1) is 23.9 Å². The van der Waals surface area contributed by atoms with E-state index in [1.165, 1.54) is 43.5 Å². The average Bonchev–Trinajstić information content (AvgIpc) is 2.48. The van der Waals surface area contributed by atoms with Crippen LogP contribution in [0.3, 0.4) is 0 Å². The third kappa shape index (κ3) is 3.38. The third-order valence-electron chi connectivity index (χ3n) is 2.75. The number of hydrogen-bond acceptors (Lipinski definition) is 3. The minimum absolute atomic E-state index is 0.0923. The van der Waals surface area contributed by atoms with Gasteiger partial charge in [-0.15, -0.1) is 0 Å². The summed E-state index contributed by atoms with van der Waals surface area (Å²) in [6, 6.07) is 9.87. The van der Waals surface area contributed by atoms with Crippen LogP contribution in [0.5, 0.6) is 0 Å². The van der Waals surface area contributed by atoms with Gasteiger partial charge in [0.2, 0.25) is 0 Å². The lowest BCUT2D eigenvalue weighted by atomic mass is 10.1. The molecule has 0 unspecified atom stereocenters. The Labute approximate surface area is 125 Å². The summed E-state index contributed by atoms with van der Waals surface area (Å²) in [5.41, 5.74) is 0.164. The predicted octanol–water partition coefficient (Wildman–Crippen LogP) is 3.52. The second-order valence-corrected chi connectivity index (χ2v) is 4.55. The van der Waals surface area contributed by atoms with Gasteiger partial charge in [-0.05, 0) is 30.3 Å². The van der Waals surface area contributed by atoms with E-state index in [4.69, 9.17) is 11.6 Å². The zero-order chi connectivity index (χ0) is 15.4. The van der Waals surface area contributed by atoms with Crippen LogP contribution in [0.1, 0.15) is 20.7 Å². The topological polar surface area (TPSA) is 55.4 Å². The first kappa shape index (κ1) is 15.0. The number of benzene rings is 2. The Hall–Kier alpha value is -2.40. The molecule has 2 aromatic rings. The molecule has 0 radical (unpaired) electrons. The number of nitrogens with one attached hydrogen (secondary N) is 1.